The number of hydrogen-bond acceptors (Lipinski definition) is 3. The Labute approximate surface area is 90.8 Å². The van der Waals surface area contributed by atoms with E-state index >= 15 is 0 Å². The van der Waals surface area contributed by atoms with Crippen molar-refractivity contribution in [2.75, 3.05) is 6.54 Å². The molecule has 0 aromatic carbocycles. The van der Waals surface area contributed by atoms with Crippen molar-refractivity contribution >= 4 is 11.7 Å². The van der Waals surface area contributed by atoms with Crippen LogP contribution in [0.15, 0.2) is 0 Å². The zero-order valence-corrected chi connectivity index (χ0v) is 9.67. The summed E-state index contributed by atoms with van der Waals surface area (Å²) in [7, 11) is 0. The minimum atomic E-state index is -0.347. The van der Waals surface area contributed by atoms with Crippen molar-refractivity contribution in [3.8, 4) is 0 Å². The Hall–Kier alpha value is -0.900. The maximum Gasteiger partial charge on any atom is 0.237 e. The molecular formula is C11H20N2O2. The molecule has 0 radical (unpaired) electrons. The van der Waals surface area contributed by atoms with Crippen LogP contribution in [0, 0.1) is 5.92 Å². The van der Waals surface area contributed by atoms with Crippen LogP contribution in [0.4, 0.5) is 0 Å². The fourth-order valence-corrected chi connectivity index (χ4v) is 1.90. The van der Waals surface area contributed by atoms with Gasteiger partial charge in [-0.1, -0.05) is 13.8 Å². The third-order valence-electron chi connectivity index (χ3n) is 2.78. The summed E-state index contributed by atoms with van der Waals surface area (Å²) < 4.78 is 0. The van der Waals surface area contributed by atoms with E-state index in [0.717, 1.165) is 19.4 Å². The molecule has 86 valence electrons. The Kier molecular flexibility index (Phi) is 4.27. The van der Waals surface area contributed by atoms with E-state index in [4.69, 9.17) is 0 Å². The van der Waals surface area contributed by atoms with Crippen LogP contribution in [-0.4, -0.2) is 30.3 Å². The molecular weight excluding hydrogens is 192 g/mol. The fraction of sp³-hybridized carbons (Fsp3) is 0.818. The van der Waals surface area contributed by atoms with Crippen LogP contribution in [0.3, 0.4) is 0 Å². The van der Waals surface area contributed by atoms with E-state index < -0.39 is 0 Å². The highest BCUT2D eigenvalue weighted by atomic mass is 16.2. The van der Waals surface area contributed by atoms with Gasteiger partial charge < -0.3 is 10.6 Å². The lowest BCUT2D eigenvalue weighted by Gasteiger charge is -2.21. The Bertz CT molecular complexity index is 245. The number of Topliss-reactive ketones (excluding diaryl/α,β-unsaturated/α-hetero) is 1. The van der Waals surface area contributed by atoms with Gasteiger partial charge in [-0.25, -0.2) is 0 Å². The number of carbonyl (C=O) groups excluding carboxylic acids is 2. The molecule has 1 aliphatic rings. The third kappa shape index (κ3) is 3.30. The van der Waals surface area contributed by atoms with E-state index in [1.165, 1.54) is 6.92 Å². The van der Waals surface area contributed by atoms with E-state index in [1.54, 1.807) is 0 Å². The number of ketones is 1. The third-order valence-corrected chi connectivity index (χ3v) is 2.78. The lowest BCUT2D eigenvalue weighted by atomic mass is 10.0. The molecule has 1 aliphatic heterocycles. The first-order valence-electron chi connectivity index (χ1n) is 5.56. The van der Waals surface area contributed by atoms with Gasteiger partial charge in [-0.05, 0) is 32.2 Å². The van der Waals surface area contributed by atoms with Gasteiger partial charge >= 0.3 is 0 Å². The number of hydrogen-bond donors (Lipinski definition) is 2. The predicted octanol–water partition coefficient (Wildman–Crippen LogP) is 0.468. The highest BCUT2D eigenvalue weighted by Gasteiger charge is 2.27. The standard InChI is InChI=1S/C11H20N2O2/c1-7(2)10(8(3)14)13-11(15)9-5-4-6-12-9/h7,9-10,12H,4-6H2,1-3H3,(H,13,15)/t9-,10-/m0/s1. The van der Waals surface area contributed by atoms with Gasteiger partial charge in [0.1, 0.15) is 0 Å². The molecule has 15 heavy (non-hydrogen) atoms. The largest absolute Gasteiger partial charge is 0.345 e. The summed E-state index contributed by atoms with van der Waals surface area (Å²) in [6, 6.07) is -0.453. The van der Waals surface area contributed by atoms with Crippen molar-refractivity contribution in [1.82, 2.24) is 10.6 Å². The van der Waals surface area contributed by atoms with Crippen molar-refractivity contribution in [1.29, 1.82) is 0 Å². The normalized spacial score (nSPS) is 22.8. The quantitative estimate of drug-likeness (QED) is 0.712. The molecule has 0 spiro atoms. The maximum absolute atomic E-state index is 11.7. The minimum absolute atomic E-state index is 0.0244. The van der Waals surface area contributed by atoms with Gasteiger partial charge in [-0.2, -0.15) is 0 Å². The molecule has 1 fully saturated rings. The smallest absolute Gasteiger partial charge is 0.237 e. The molecule has 1 amide bonds. The molecule has 2 atom stereocenters. The lowest BCUT2D eigenvalue weighted by Crippen LogP contribution is -2.49. The summed E-state index contributed by atoms with van der Waals surface area (Å²) in [6.07, 6.45) is 1.90. The second-order valence-corrected chi connectivity index (χ2v) is 4.49. The molecule has 0 unspecified atom stereocenters. The van der Waals surface area contributed by atoms with Crippen molar-refractivity contribution < 1.29 is 9.59 Å². The van der Waals surface area contributed by atoms with Crippen LogP contribution in [0.25, 0.3) is 0 Å². The molecule has 0 saturated carbocycles. The summed E-state index contributed by atoms with van der Waals surface area (Å²) in [5, 5.41) is 5.92. The second-order valence-electron chi connectivity index (χ2n) is 4.49. The SMILES string of the molecule is CC(=O)[C@@H](NC(=O)[C@@H]1CCCN1)C(C)C. The monoisotopic (exact) mass is 212 g/mol. The first-order chi connectivity index (χ1) is 7.02. The molecule has 1 saturated heterocycles. The molecule has 1 heterocycles. The van der Waals surface area contributed by atoms with Gasteiger partial charge in [0.25, 0.3) is 0 Å². The Balaban J connectivity index is 2.50. The molecule has 0 aromatic rings. The van der Waals surface area contributed by atoms with E-state index in [-0.39, 0.29) is 29.7 Å². The first kappa shape index (κ1) is 12.2. The highest BCUT2D eigenvalue weighted by molar-refractivity contribution is 5.89. The molecule has 4 heteroatoms. The summed E-state index contributed by atoms with van der Waals surface area (Å²) in [6.45, 7) is 6.29. The van der Waals surface area contributed by atoms with Crippen molar-refractivity contribution in [3.05, 3.63) is 0 Å². The summed E-state index contributed by atoms with van der Waals surface area (Å²) >= 11 is 0. The molecule has 0 aliphatic carbocycles. The van der Waals surface area contributed by atoms with E-state index in [9.17, 15) is 9.59 Å². The average Bonchev–Trinajstić information content (AvgIpc) is 2.65. The van der Waals surface area contributed by atoms with Crippen LogP contribution < -0.4 is 10.6 Å². The van der Waals surface area contributed by atoms with Crippen molar-refractivity contribution in [2.24, 2.45) is 5.92 Å². The summed E-state index contributed by atoms with van der Waals surface area (Å²) in [5.74, 6) is 0.130. The van der Waals surface area contributed by atoms with Gasteiger partial charge in [0.2, 0.25) is 5.91 Å². The van der Waals surface area contributed by atoms with Crippen LogP contribution in [0.1, 0.15) is 33.6 Å². The van der Waals surface area contributed by atoms with Gasteiger partial charge in [0.05, 0.1) is 12.1 Å². The molecule has 0 bridgehead atoms. The summed E-state index contributed by atoms with van der Waals surface area (Å²) in [4.78, 5) is 23.0. The van der Waals surface area contributed by atoms with E-state index in [0.29, 0.717) is 0 Å². The highest BCUT2D eigenvalue weighted by Crippen LogP contribution is 2.08. The minimum Gasteiger partial charge on any atom is -0.345 e. The van der Waals surface area contributed by atoms with E-state index in [2.05, 4.69) is 10.6 Å². The topological polar surface area (TPSA) is 58.2 Å². The van der Waals surface area contributed by atoms with Gasteiger partial charge in [0, 0.05) is 0 Å². The van der Waals surface area contributed by atoms with Gasteiger partial charge in [-0.15, -0.1) is 0 Å². The zero-order valence-electron chi connectivity index (χ0n) is 9.67. The zero-order chi connectivity index (χ0) is 11.4. The van der Waals surface area contributed by atoms with Crippen LogP contribution in [-0.2, 0) is 9.59 Å². The number of amides is 1. The summed E-state index contributed by atoms with van der Waals surface area (Å²) in [5.41, 5.74) is 0. The predicted molar refractivity (Wildman–Crippen MR) is 58.5 cm³/mol. The average molecular weight is 212 g/mol. The Morgan fingerprint density at radius 1 is 1.40 bits per heavy atom. The maximum atomic E-state index is 11.7. The van der Waals surface area contributed by atoms with Crippen LogP contribution in [0.2, 0.25) is 0 Å². The molecule has 2 N–H and O–H groups in total. The second kappa shape index (κ2) is 5.26. The fourth-order valence-electron chi connectivity index (χ4n) is 1.90. The van der Waals surface area contributed by atoms with Crippen molar-refractivity contribution in [2.45, 2.75) is 45.7 Å². The van der Waals surface area contributed by atoms with Crippen LogP contribution in [0.5, 0.6) is 0 Å². The van der Waals surface area contributed by atoms with Gasteiger partial charge in [-0.3, -0.25) is 9.59 Å². The molecule has 4 nitrogen and oxygen atoms in total. The Morgan fingerprint density at radius 3 is 2.47 bits per heavy atom. The Morgan fingerprint density at radius 2 is 2.07 bits per heavy atom. The molecule has 0 aromatic heterocycles. The number of rotatable bonds is 4. The van der Waals surface area contributed by atoms with Gasteiger partial charge in [0.15, 0.2) is 5.78 Å². The van der Waals surface area contributed by atoms with E-state index in [1.807, 2.05) is 13.8 Å². The first-order valence-corrected chi connectivity index (χ1v) is 5.56. The molecule has 1 rings (SSSR count). The number of nitrogens with one attached hydrogen (secondary N) is 2. The van der Waals surface area contributed by atoms with Crippen molar-refractivity contribution in [3.63, 3.8) is 0 Å². The number of carbonyl (C=O) groups is 2. The van der Waals surface area contributed by atoms with Crippen LogP contribution >= 0.6 is 0 Å². The lowest BCUT2D eigenvalue weighted by molar-refractivity contribution is -0.128.